The van der Waals surface area contributed by atoms with Gasteiger partial charge in [0.2, 0.25) is 0 Å². The van der Waals surface area contributed by atoms with Crippen LogP contribution in [0.1, 0.15) is 37.5 Å². The molecule has 2 heterocycles. The van der Waals surface area contributed by atoms with Crippen LogP contribution in [0.5, 0.6) is 11.5 Å². The maximum Gasteiger partial charge on any atom is 0.160 e. The van der Waals surface area contributed by atoms with E-state index in [2.05, 4.69) is 49.1 Å². The number of methoxy groups -OCH3 is 1. The summed E-state index contributed by atoms with van der Waals surface area (Å²) in [7, 11) is 1.58. The molecule has 2 aromatic carbocycles. The largest absolute Gasteiger partial charge is 0.504 e. The van der Waals surface area contributed by atoms with Gasteiger partial charge in [0.15, 0.2) is 11.5 Å². The third-order valence-electron chi connectivity index (χ3n) is 6.48. The number of benzene rings is 2. The van der Waals surface area contributed by atoms with Crippen molar-refractivity contribution in [1.29, 1.82) is 0 Å². The van der Waals surface area contributed by atoms with Crippen molar-refractivity contribution in [3.8, 4) is 11.5 Å². The van der Waals surface area contributed by atoms with E-state index in [1.54, 1.807) is 13.2 Å². The molecule has 2 saturated heterocycles. The molecule has 5 heteroatoms. The van der Waals surface area contributed by atoms with Crippen LogP contribution in [-0.4, -0.2) is 49.0 Å². The SMILES string of the molecule is COc1cc(CN2CCO[C@]3(CO[C@@H](c4ccccc4)[C@H](C(C)C)C3)C2)ccc1O. The summed E-state index contributed by atoms with van der Waals surface area (Å²) in [5.41, 5.74) is 2.12. The zero-order valence-corrected chi connectivity index (χ0v) is 18.2. The van der Waals surface area contributed by atoms with Crippen LogP contribution in [0, 0.1) is 11.8 Å². The van der Waals surface area contributed by atoms with E-state index in [1.165, 1.54) is 5.56 Å². The number of nitrogens with zero attached hydrogens (tertiary/aromatic N) is 1. The van der Waals surface area contributed by atoms with Gasteiger partial charge in [-0.3, -0.25) is 4.90 Å². The van der Waals surface area contributed by atoms with Gasteiger partial charge in [0.1, 0.15) is 5.60 Å². The number of aromatic hydroxyl groups is 1. The molecule has 0 saturated carbocycles. The van der Waals surface area contributed by atoms with Gasteiger partial charge in [0.05, 0.1) is 26.4 Å². The second-order valence-corrected chi connectivity index (χ2v) is 9.00. The highest BCUT2D eigenvalue weighted by Gasteiger charge is 2.46. The monoisotopic (exact) mass is 411 g/mol. The fraction of sp³-hybridized carbons (Fsp3) is 0.520. The van der Waals surface area contributed by atoms with Gasteiger partial charge >= 0.3 is 0 Å². The van der Waals surface area contributed by atoms with E-state index in [0.717, 1.165) is 31.6 Å². The smallest absolute Gasteiger partial charge is 0.160 e. The van der Waals surface area contributed by atoms with Gasteiger partial charge in [-0.15, -0.1) is 0 Å². The fourth-order valence-electron chi connectivity index (χ4n) is 4.88. The van der Waals surface area contributed by atoms with Crippen LogP contribution in [0.25, 0.3) is 0 Å². The van der Waals surface area contributed by atoms with Gasteiger partial charge in [0.25, 0.3) is 0 Å². The van der Waals surface area contributed by atoms with E-state index in [4.69, 9.17) is 14.2 Å². The molecule has 162 valence electrons. The lowest BCUT2D eigenvalue weighted by atomic mass is 9.75. The molecule has 0 amide bonds. The van der Waals surface area contributed by atoms with Gasteiger partial charge in [0, 0.05) is 19.6 Å². The molecule has 1 N–H and O–H groups in total. The van der Waals surface area contributed by atoms with Crippen molar-refractivity contribution >= 4 is 0 Å². The van der Waals surface area contributed by atoms with Crippen molar-refractivity contribution in [3.05, 3.63) is 59.7 Å². The summed E-state index contributed by atoms with van der Waals surface area (Å²) in [5, 5.41) is 9.86. The van der Waals surface area contributed by atoms with Gasteiger partial charge in [-0.05, 0) is 41.5 Å². The van der Waals surface area contributed by atoms with Crippen LogP contribution < -0.4 is 4.74 Å². The Hall–Kier alpha value is -2.08. The number of phenolic OH excluding ortho intramolecular Hbond substituents is 1. The van der Waals surface area contributed by atoms with Crippen LogP contribution in [0.4, 0.5) is 0 Å². The van der Waals surface area contributed by atoms with Crippen LogP contribution in [0.2, 0.25) is 0 Å². The number of ether oxygens (including phenoxy) is 3. The van der Waals surface area contributed by atoms with Gasteiger partial charge in [-0.25, -0.2) is 0 Å². The number of morpholine rings is 1. The Balaban J connectivity index is 1.48. The summed E-state index contributed by atoms with van der Waals surface area (Å²) >= 11 is 0. The first-order chi connectivity index (χ1) is 14.5. The lowest BCUT2D eigenvalue weighted by molar-refractivity contribution is -0.211. The van der Waals surface area contributed by atoms with E-state index in [1.807, 2.05) is 12.1 Å². The zero-order chi connectivity index (χ0) is 21.1. The first-order valence-corrected chi connectivity index (χ1v) is 10.9. The topological polar surface area (TPSA) is 51.2 Å². The third kappa shape index (κ3) is 4.48. The highest BCUT2D eigenvalue weighted by atomic mass is 16.6. The summed E-state index contributed by atoms with van der Waals surface area (Å²) in [5.74, 6) is 1.61. The standard InChI is InChI=1S/C25H33NO4/c1-18(2)21-14-25(17-29-24(21)20-7-5-4-6-8-20)16-26(11-12-30-25)15-19-9-10-22(27)23(13-19)28-3/h4-10,13,18,21,24,27H,11-12,14-17H2,1-3H3/t21-,24-,25-/m0/s1. The molecule has 2 aliphatic heterocycles. The summed E-state index contributed by atoms with van der Waals surface area (Å²) in [6.07, 6.45) is 1.12. The molecule has 0 aliphatic carbocycles. The van der Waals surface area contributed by atoms with Crippen molar-refractivity contribution in [3.63, 3.8) is 0 Å². The fourth-order valence-corrected chi connectivity index (χ4v) is 4.88. The molecular formula is C25H33NO4. The minimum atomic E-state index is -0.264. The molecule has 0 unspecified atom stereocenters. The van der Waals surface area contributed by atoms with E-state index < -0.39 is 0 Å². The Morgan fingerprint density at radius 3 is 2.73 bits per heavy atom. The number of hydrogen-bond acceptors (Lipinski definition) is 5. The molecule has 2 aliphatic rings. The molecule has 0 radical (unpaired) electrons. The molecule has 5 nitrogen and oxygen atoms in total. The van der Waals surface area contributed by atoms with Crippen molar-refractivity contribution in [2.75, 3.05) is 33.4 Å². The molecule has 2 aromatic rings. The van der Waals surface area contributed by atoms with Crippen molar-refractivity contribution in [2.45, 2.75) is 38.5 Å². The number of hydrogen-bond donors (Lipinski definition) is 1. The first kappa shape index (κ1) is 21.2. The summed E-state index contributed by atoms with van der Waals surface area (Å²) in [4.78, 5) is 2.43. The van der Waals surface area contributed by atoms with Crippen LogP contribution in [0.15, 0.2) is 48.5 Å². The quantitative estimate of drug-likeness (QED) is 0.790. The summed E-state index contributed by atoms with van der Waals surface area (Å²) in [6.45, 7) is 8.43. The highest BCUT2D eigenvalue weighted by Crippen LogP contribution is 2.44. The van der Waals surface area contributed by atoms with Gasteiger partial charge < -0.3 is 19.3 Å². The maximum absolute atomic E-state index is 9.86. The molecule has 0 bridgehead atoms. The molecule has 1 spiro atoms. The second kappa shape index (κ2) is 8.96. The van der Waals surface area contributed by atoms with Crippen LogP contribution >= 0.6 is 0 Å². The zero-order valence-electron chi connectivity index (χ0n) is 18.2. The van der Waals surface area contributed by atoms with Gasteiger partial charge in [-0.1, -0.05) is 50.2 Å². The Labute approximate surface area is 179 Å². The lowest BCUT2D eigenvalue weighted by Gasteiger charge is -2.50. The Morgan fingerprint density at radius 2 is 2.00 bits per heavy atom. The molecular weight excluding hydrogens is 378 g/mol. The maximum atomic E-state index is 9.86. The van der Waals surface area contributed by atoms with Crippen molar-refractivity contribution < 1.29 is 19.3 Å². The molecule has 3 atom stereocenters. The molecule has 2 fully saturated rings. The van der Waals surface area contributed by atoms with E-state index >= 15 is 0 Å². The Morgan fingerprint density at radius 1 is 1.20 bits per heavy atom. The lowest BCUT2D eigenvalue weighted by Crippen LogP contribution is -2.58. The van der Waals surface area contributed by atoms with Gasteiger partial charge in [-0.2, -0.15) is 0 Å². The number of phenols is 1. The van der Waals surface area contributed by atoms with E-state index in [9.17, 15) is 5.11 Å². The highest BCUT2D eigenvalue weighted by molar-refractivity contribution is 5.41. The van der Waals surface area contributed by atoms with Crippen LogP contribution in [-0.2, 0) is 16.0 Å². The average molecular weight is 412 g/mol. The summed E-state index contributed by atoms with van der Waals surface area (Å²) in [6, 6.07) is 16.1. The first-order valence-electron chi connectivity index (χ1n) is 10.9. The summed E-state index contributed by atoms with van der Waals surface area (Å²) < 4.78 is 18.1. The van der Waals surface area contributed by atoms with Crippen LogP contribution in [0.3, 0.4) is 0 Å². The molecule has 4 rings (SSSR count). The number of rotatable bonds is 5. The average Bonchev–Trinajstić information content (AvgIpc) is 2.76. The Bertz CT molecular complexity index is 840. The third-order valence-corrected chi connectivity index (χ3v) is 6.48. The van der Waals surface area contributed by atoms with Crippen molar-refractivity contribution in [1.82, 2.24) is 4.90 Å². The minimum Gasteiger partial charge on any atom is -0.504 e. The normalized spacial score (nSPS) is 27.5. The molecule has 0 aromatic heterocycles. The Kier molecular flexibility index (Phi) is 6.32. The minimum absolute atomic E-state index is 0.122. The second-order valence-electron chi connectivity index (χ2n) is 9.00. The van der Waals surface area contributed by atoms with Crippen molar-refractivity contribution in [2.24, 2.45) is 11.8 Å². The predicted molar refractivity (Wildman–Crippen MR) is 117 cm³/mol. The predicted octanol–water partition coefficient (Wildman–Crippen LogP) is 4.41. The van der Waals surface area contributed by atoms with E-state index in [-0.39, 0.29) is 17.5 Å². The molecule has 30 heavy (non-hydrogen) atoms. The van der Waals surface area contributed by atoms with E-state index in [0.29, 0.717) is 30.8 Å².